The standard InChI is InChI=1S/C92H180O17P2/c1-5-9-13-17-21-25-29-33-36-39-41-43-45-48-50-53-57-61-65-69-73-77-90(95)103-83-88(109-92(97)79-75-71-67-63-59-55-52-49-46-44-42-40-37-34-30-26-22-18-14-10-6-2)85-107-111(100,101)105-81-86(93)80-104-110(98,99)106-84-87(82-102-89(94)76-72-68-64-60-56-32-28-24-20-16-12-8-4)108-91(96)78-74-70-66-62-58-54-51-47-38-35-31-27-23-19-15-11-7-3/h86-88,93H,5-85H2,1-4H3,(H,98,99)(H,100,101)/t86-,87+,88+/m0/s1. The number of phosphoric ester groups is 2. The van der Waals surface area contributed by atoms with E-state index in [-0.39, 0.29) is 25.7 Å². The van der Waals surface area contributed by atoms with Crippen LogP contribution in [0.5, 0.6) is 0 Å². The molecule has 0 aliphatic carbocycles. The Kier molecular flexibility index (Phi) is 84.4. The minimum absolute atomic E-state index is 0.110. The molecule has 0 rings (SSSR count). The number of hydrogen-bond acceptors (Lipinski definition) is 15. The van der Waals surface area contributed by atoms with Gasteiger partial charge in [0.1, 0.15) is 19.3 Å². The van der Waals surface area contributed by atoms with E-state index in [1.165, 1.54) is 340 Å². The number of ether oxygens (including phenoxy) is 4. The van der Waals surface area contributed by atoms with Gasteiger partial charge in [-0.15, -0.1) is 0 Å². The summed E-state index contributed by atoms with van der Waals surface area (Å²) in [5.41, 5.74) is 0. The summed E-state index contributed by atoms with van der Waals surface area (Å²) in [5.74, 6) is -2.09. The maximum Gasteiger partial charge on any atom is 0.472 e. The molecule has 0 radical (unpaired) electrons. The van der Waals surface area contributed by atoms with Crippen molar-refractivity contribution in [2.75, 3.05) is 39.6 Å². The molecule has 0 saturated carbocycles. The number of aliphatic hydroxyl groups is 1. The molecule has 0 aliphatic rings. The van der Waals surface area contributed by atoms with Gasteiger partial charge in [0.2, 0.25) is 0 Å². The minimum atomic E-state index is -4.97. The SMILES string of the molecule is CCCCCCCCCCCCCCCCCCCCCCCC(=O)OC[C@H](COP(=O)(O)OC[C@@H](O)COP(=O)(O)OC[C@@H](COC(=O)CCCCCCCCCCCCCC)OC(=O)CCCCCCCCCCCCCCCCCCC)OC(=O)CCCCCCCCCCCCCCCCCCCCCCC. The summed E-state index contributed by atoms with van der Waals surface area (Å²) in [7, 11) is -9.93. The summed E-state index contributed by atoms with van der Waals surface area (Å²) in [4.78, 5) is 73.5. The number of rotatable bonds is 93. The van der Waals surface area contributed by atoms with Crippen LogP contribution in [0, 0.1) is 0 Å². The highest BCUT2D eigenvalue weighted by atomic mass is 31.2. The van der Waals surface area contributed by atoms with Gasteiger partial charge in [0.25, 0.3) is 0 Å². The van der Waals surface area contributed by atoms with E-state index in [9.17, 15) is 43.2 Å². The summed E-state index contributed by atoms with van der Waals surface area (Å²) < 4.78 is 69.1. The monoisotopic (exact) mass is 1620 g/mol. The molecule has 0 bridgehead atoms. The summed E-state index contributed by atoms with van der Waals surface area (Å²) >= 11 is 0. The van der Waals surface area contributed by atoms with E-state index in [1.54, 1.807) is 0 Å². The van der Waals surface area contributed by atoms with E-state index < -0.39 is 97.5 Å². The first-order valence-corrected chi connectivity index (χ1v) is 50.8. The van der Waals surface area contributed by atoms with Crippen molar-refractivity contribution in [3.8, 4) is 0 Å². The third-order valence-corrected chi connectivity index (χ3v) is 23.8. The Hall–Kier alpha value is -1.94. The second-order valence-electron chi connectivity index (χ2n) is 33.1. The van der Waals surface area contributed by atoms with Gasteiger partial charge in [-0.3, -0.25) is 37.3 Å². The van der Waals surface area contributed by atoms with Gasteiger partial charge in [0.05, 0.1) is 26.4 Å². The van der Waals surface area contributed by atoms with Crippen LogP contribution in [0.4, 0.5) is 0 Å². The largest absolute Gasteiger partial charge is 0.472 e. The van der Waals surface area contributed by atoms with E-state index in [2.05, 4.69) is 27.7 Å². The Morgan fingerprint density at radius 3 is 0.532 bits per heavy atom. The second-order valence-corrected chi connectivity index (χ2v) is 36.0. The van der Waals surface area contributed by atoms with Crippen molar-refractivity contribution >= 4 is 39.5 Å². The molecule has 0 amide bonds. The van der Waals surface area contributed by atoms with Crippen LogP contribution in [0.2, 0.25) is 0 Å². The summed E-state index contributed by atoms with van der Waals surface area (Å²) in [6.07, 6.45) is 83.4. The second kappa shape index (κ2) is 85.9. The van der Waals surface area contributed by atoms with Crippen LogP contribution in [0.25, 0.3) is 0 Å². The van der Waals surface area contributed by atoms with Gasteiger partial charge in [0.15, 0.2) is 12.2 Å². The zero-order valence-electron chi connectivity index (χ0n) is 73.0. The van der Waals surface area contributed by atoms with Gasteiger partial charge >= 0.3 is 39.5 Å². The predicted octanol–water partition coefficient (Wildman–Crippen LogP) is 28.9. The zero-order valence-corrected chi connectivity index (χ0v) is 74.7. The first-order valence-electron chi connectivity index (χ1n) is 47.8. The molecule has 0 spiro atoms. The predicted molar refractivity (Wildman–Crippen MR) is 460 cm³/mol. The maximum atomic E-state index is 13.2. The van der Waals surface area contributed by atoms with Crippen molar-refractivity contribution in [3.05, 3.63) is 0 Å². The van der Waals surface area contributed by atoms with Crippen LogP contribution in [-0.4, -0.2) is 96.7 Å². The normalized spacial score (nSPS) is 13.6. The Morgan fingerprint density at radius 1 is 0.216 bits per heavy atom. The fourth-order valence-electron chi connectivity index (χ4n) is 14.6. The van der Waals surface area contributed by atoms with Crippen molar-refractivity contribution in [1.29, 1.82) is 0 Å². The average Bonchev–Trinajstić information content (AvgIpc) is 0.900. The van der Waals surface area contributed by atoms with Gasteiger partial charge in [-0.25, -0.2) is 9.13 Å². The van der Waals surface area contributed by atoms with Crippen LogP contribution >= 0.6 is 15.6 Å². The highest BCUT2D eigenvalue weighted by Gasteiger charge is 2.31. The zero-order chi connectivity index (χ0) is 81.0. The number of phosphoric acid groups is 2. The molecule has 5 atom stereocenters. The minimum Gasteiger partial charge on any atom is -0.462 e. The number of esters is 4. The molecule has 0 aromatic rings. The average molecular weight is 1620 g/mol. The molecular weight excluding hydrogens is 1440 g/mol. The van der Waals surface area contributed by atoms with Gasteiger partial charge < -0.3 is 33.8 Å². The molecule has 2 unspecified atom stereocenters. The molecule has 19 heteroatoms. The molecule has 660 valence electrons. The Morgan fingerprint density at radius 2 is 0.360 bits per heavy atom. The Balaban J connectivity index is 5.23. The maximum absolute atomic E-state index is 13.2. The van der Waals surface area contributed by atoms with Crippen LogP contribution in [-0.2, 0) is 65.4 Å². The van der Waals surface area contributed by atoms with Crippen molar-refractivity contribution in [3.63, 3.8) is 0 Å². The first kappa shape index (κ1) is 109. The lowest BCUT2D eigenvalue weighted by molar-refractivity contribution is -0.161. The molecule has 3 N–H and O–H groups in total. The number of unbranched alkanes of at least 4 members (excludes halogenated alkanes) is 67. The van der Waals surface area contributed by atoms with Crippen molar-refractivity contribution in [2.45, 2.75) is 528 Å². The van der Waals surface area contributed by atoms with Crippen molar-refractivity contribution in [1.82, 2.24) is 0 Å². The smallest absolute Gasteiger partial charge is 0.462 e. The number of hydrogen-bond donors (Lipinski definition) is 3. The quantitative estimate of drug-likeness (QED) is 0.0222. The number of carbonyl (C=O) groups is 4. The summed E-state index contributed by atoms with van der Waals surface area (Å²) in [6.45, 7) is 5.09. The highest BCUT2D eigenvalue weighted by Crippen LogP contribution is 2.45. The van der Waals surface area contributed by atoms with E-state index in [4.69, 9.17) is 37.0 Å². The van der Waals surface area contributed by atoms with Gasteiger partial charge in [0, 0.05) is 25.7 Å². The van der Waals surface area contributed by atoms with E-state index >= 15 is 0 Å². The summed E-state index contributed by atoms with van der Waals surface area (Å²) in [6, 6.07) is 0. The molecule has 0 heterocycles. The molecule has 0 aromatic carbocycles. The molecule has 111 heavy (non-hydrogen) atoms. The lowest BCUT2D eigenvalue weighted by Crippen LogP contribution is -2.30. The molecular formula is C92H180O17P2. The van der Waals surface area contributed by atoms with E-state index in [1.807, 2.05) is 0 Å². The molecule has 0 fully saturated rings. The molecule has 0 aliphatic heterocycles. The van der Waals surface area contributed by atoms with E-state index in [0.29, 0.717) is 25.7 Å². The summed E-state index contributed by atoms with van der Waals surface area (Å²) in [5, 5.41) is 10.7. The third kappa shape index (κ3) is 85.8. The van der Waals surface area contributed by atoms with Crippen molar-refractivity contribution in [2.24, 2.45) is 0 Å². The van der Waals surface area contributed by atoms with Crippen LogP contribution in [0.1, 0.15) is 509 Å². The Bertz CT molecular complexity index is 2090. The van der Waals surface area contributed by atoms with Crippen molar-refractivity contribution < 1.29 is 80.2 Å². The number of aliphatic hydroxyl groups excluding tert-OH is 1. The lowest BCUT2D eigenvalue weighted by Gasteiger charge is -2.21. The van der Waals surface area contributed by atoms with Gasteiger partial charge in [-0.1, -0.05) is 458 Å². The molecule has 0 aromatic heterocycles. The van der Waals surface area contributed by atoms with Crippen LogP contribution in [0.15, 0.2) is 0 Å². The van der Waals surface area contributed by atoms with Crippen LogP contribution < -0.4 is 0 Å². The molecule has 17 nitrogen and oxygen atoms in total. The first-order chi connectivity index (χ1) is 54.2. The fraction of sp³-hybridized carbons (Fsp3) is 0.957. The Labute approximate surface area is 683 Å². The van der Waals surface area contributed by atoms with E-state index in [0.717, 1.165) is 89.9 Å². The highest BCUT2D eigenvalue weighted by molar-refractivity contribution is 7.47. The van der Waals surface area contributed by atoms with Gasteiger partial charge in [-0.2, -0.15) is 0 Å². The third-order valence-electron chi connectivity index (χ3n) is 21.9. The lowest BCUT2D eigenvalue weighted by atomic mass is 10.0. The van der Waals surface area contributed by atoms with Crippen LogP contribution in [0.3, 0.4) is 0 Å². The number of carbonyl (C=O) groups excluding carboxylic acids is 4. The van der Waals surface area contributed by atoms with Gasteiger partial charge in [-0.05, 0) is 25.7 Å². The topological polar surface area (TPSA) is 237 Å². The fourth-order valence-corrected chi connectivity index (χ4v) is 16.2. The molecule has 0 saturated heterocycles.